The Labute approximate surface area is 138 Å². The van der Waals surface area contributed by atoms with Crippen LogP contribution in [0.15, 0.2) is 23.1 Å². The minimum atomic E-state index is -0.432. The van der Waals surface area contributed by atoms with Crippen molar-refractivity contribution in [3.8, 4) is 0 Å². The second kappa shape index (κ2) is 5.85. The number of rotatable bonds is 2. The van der Waals surface area contributed by atoms with Crippen LogP contribution in [0.1, 0.15) is 29.1 Å². The molecule has 2 unspecified atom stereocenters. The van der Waals surface area contributed by atoms with Gasteiger partial charge in [0, 0.05) is 25.7 Å². The van der Waals surface area contributed by atoms with E-state index in [0.29, 0.717) is 36.3 Å². The van der Waals surface area contributed by atoms with Gasteiger partial charge in [0.15, 0.2) is 17.3 Å². The fourth-order valence-electron chi connectivity index (χ4n) is 3.74. The summed E-state index contributed by atoms with van der Waals surface area (Å²) in [5.74, 6) is 0.800. The first kappa shape index (κ1) is 15.0. The van der Waals surface area contributed by atoms with Crippen molar-refractivity contribution in [3.63, 3.8) is 0 Å². The summed E-state index contributed by atoms with van der Waals surface area (Å²) in [6.07, 6.45) is 4.40. The molecule has 1 amide bonds. The molecule has 0 bridgehead atoms. The van der Waals surface area contributed by atoms with E-state index >= 15 is 0 Å². The minimum Gasteiger partial charge on any atom is -0.361 e. The zero-order valence-electron chi connectivity index (χ0n) is 13.4. The van der Waals surface area contributed by atoms with Crippen LogP contribution in [0.25, 0.3) is 0 Å². The first-order valence-electron chi connectivity index (χ1n) is 8.08. The highest BCUT2D eigenvalue weighted by Gasteiger charge is 2.42. The van der Waals surface area contributed by atoms with Gasteiger partial charge in [0.1, 0.15) is 12.1 Å². The Morgan fingerprint density at radius 2 is 2.21 bits per heavy atom. The van der Waals surface area contributed by atoms with Crippen molar-refractivity contribution >= 4 is 11.7 Å². The lowest BCUT2D eigenvalue weighted by Crippen LogP contribution is -2.50. The van der Waals surface area contributed by atoms with Crippen LogP contribution in [-0.2, 0) is 0 Å². The Hall–Kier alpha value is -2.51. The molecule has 0 aliphatic carbocycles. The highest BCUT2D eigenvalue weighted by Crippen LogP contribution is 2.34. The summed E-state index contributed by atoms with van der Waals surface area (Å²) in [4.78, 5) is 24.2. The summed E-state index contributed by atoms with van der Waals surface area (Å²) in [5, 5.41) is 3.83. The zero-order valence-corrected chi connectivity index (χ0v) is 13.4. The Morgan fingerprint density at radius 1 is 1.38 bits per heavy atom. The van der Waals surface area contributed by atoms with Gasteiger partial charge < -0.3 is 14.3 Å². The van der Waals surface area contributed by atoms with Crippen molar-refractivity contribution in [1.29, 1.82) is 0 Å². The molecule has 2 fully saturated rings. The number of carbonyl (C=O) groups excluding carboxylic acids is 1. The number of amides is 1. The summed E-state index contributed by atoms with van der Waals surface area (Å²) >= 11 is 0. The van der Waals surface area contributed by atoms with Crippen molar-refractivity contribution in [2.75, 3.05) is 24.5 Å². The molecule has 0 aromatic carbocycles. The van der Waals surface area contributed by atoms with E-state index in [2.05, 4.69) is 15.1 Å². The van der Waals surface area contributed by atoms with E-state index in [1.807, 2.05) is 9.80 Å². The third kappa shape index (κ3) is 2.51. The molecule has 2 saturated heterocycles. The molecule has 8 heteroatoms. The highest BCUT2D eigenvalue weighted by atomic mass is 19.1. The van der Waals surface area contributed by atoms with Gasteiger partial charge in [-0.25, -0.2) is 14.4 Å². The second-order valence-electron chi connectivity index (χ2n) is 6.37. The number of piperidine rings is 1. The van der Waals surface area contributed by atoms with Crippen molar-refractivity contribution in [2.45, 2.75) is 25.8 Å². The first-order valence-corrected chi connectivity index (χ1v) is 8.08. The van der Waals surface area contributed by atoms with Crippen LogP contribution in [0.2, 0.25) is 0 Å². The maximum absolute atomic E-state index is 14.0. The van der Waals surface area contributed by atoms with Gasteiger partial charge in [-0.15, -0.1) is 0 Å². The van der Waals surface area contributed by atoms with Crippen molar-refractivity contribution < 1.29 is 13.7 Å². The largest absolute Gasteiger partial charge is 0.361 e. The maximum atomic E-state index is 14.0. The van der Waals surface area contributed by atoms with Gasteiger partial charge >= 0.3 is 0 Å². The quantitative estimate of drug-likeness (QED) is 0.833. The molecule has 2 atom stereocenters. The normalized spacial score (nSPS) is 23.4. The number of halogens is 1. The lowest BCUT2D eigenvalue weighted by atomic mass is 9.92. The summed E-state index contributed by atoms with van der Waals surface area (Å²) in [6, 6.07) is 1.69. The smallest absolute Gasteiger partial charge is 0.276 e. The standard InChI is InChI=1S/C16H18FN5O2/c1-10-6-13(20-24-10)16(23)22-5-3-11-2-4-21(8-14(11)22)15-12(17)7-18-9-19-15/h6-7,9,11,14H,2-5,8H2,1H3. The van der Waals surface area contributed by atoms with Gasteiger partial charge in [-0.1, -0.05) is 5.16 Å². The van der Waals surface area contributed by atoms with Crippen molar-refractivity contribution in [2.24, 2.45) is 5.92 Å². The molecule has 0 N–H and O–H groups in total. The number of anilines is 1. The lowest BCUT2D eigenvalue weighted by molar-refractivity contribution is 0.0701. The average molecular weight is 331 g/mol. The fraction of sp³-hybridized carbons (Fsp3) is 0.500. The van der Waals surface area contributed by atoms with Crippen LogP contribution in [0.4, 0.5) is 10.2 Å². The maximum Gasteiger partial charge on any atom is 0.276 e. The monoisotopic (exact) mass is 331 g/mol. The van der Waals surface area contributed by atoms with Crippen LogP contribution >= 0.6 is 0 Å². The summed E-state index contributed by atoms with van der Waals surface area (Å²) in [5.41, 5.74) is 0.332. The predicted octanol–water partition coefficient (Wildman–Crippen LogP) is 1.65. The van der Waals surface area contributed by atoms with E-state index in [1.165, 1.54) is 12.5 Å². The van der Waals surface area contributed by atoms with E-state index in [1.54, 1.807) is 13.0 Å². The highest BCUT2D eigenvalue weighted by molar-refractivity contribution is 5.92. The van der Waals surface area contributed by atoms with Gasteiger partial charge in [0.05, 0.1) is 12.2 Å². The number of aryl methyl sites for hydroxylation is 1. The van der Waals surface area contributed by atoms with Crippen molar-refractivity contribution in [1.82, 2.24) is 20.0 Å². The van der Waals surface area contributed by atoms with E-state index in [-0.39, 0.29) is 11.9 Å². The predicted molar refractivity (Wildman–Crippen MR) is 83.0 cm³/mol. The molecule has 2 aromatic rings. The third-order valence-electron chi connectivity index (χ3n) is 4.92. The average Bonchev–Trinajstić information content (AvgIpc) is 3.20. The van der Waals surface area contributed by atoms with E-state index in [9.17, 15) is 9.18 Å². The van der Waals surface area contributed by atoms with E-state index < -0.39 is 5.82 Å². The fourth-order valence-corrected chi connectivity index (χ4v) is 3.74. The minimum absolute atomic E-state index is 0.0395. The van der Waals surface area contributed by atoms with Gasteiger partial charge in [0.25, 0.3) is 5.91 Å². The van der Waals surface area contributed by atoms with Crippen LogP contribution in [0, 0.1) is 18.7 Å². The summed E-state index contributed by atoms with van der Waals surface area (Å²) in [7, 11) is 0. The molecule has 2 aliphatic rings. The number of hydrogen-bond donors (Lipinski definition) is 0. The number of aromatic nitrogens is 3. The first-order chi connectivity index (χ1) is 11.6. The molecule has 2 aromatic heterocycles. The van der Waals surface area contributed by atoms with Gasteiger partial charge in [-0.3, -0.25) is 4.79 Å². The lowest BCUT2D eigenvalue weighted by Gasteiger charge is -2.38. The van der Waals surface area contributed by atoms with Gasteiger partial charge in [0.2, 0.25) is 0 Å². The molecule has 0 spiro atoms. The van der Waals surface area contributed by atoms with Crippen LogP contribution in [0.3, 0.4) is 0 Å². The van der Waals surface area contributed by atoms with Gasteiger partial charge in [-0.05, 0) is 25.7 Å². The van der Waals surface area contributed by atoms with Crippen LogP contribution in [-0.4, -0.2) is 51.6 Å². The Bertz CT molecular complexity index is 764. The molecule has 4 rings (SSSR count). The van der Waals surface area contributed by atoms with Crippen LogP contribution in [0.5, 0.6) is 0 Å². The molecule has 4 heterocycles. The molecule has 7 nitrogen and oxygen atoms in total. The Morgan fingerprint density at radius 3 is 2.96 bits per heavy atom. The zero-order chi connectivity index (χ0) is 16.7. The number of hydrogen-bond acceptors (Lipinski definition) is 6. The topological polar surface area (TPSA) is 75.4 Å². The summed E-state index contributed by atoms with van der Waals surface area (Å²) < 4.78 is 19.0. The molecular formula is C16H18FN5O2. The molecule has 0 saturated carbocycles. The molecular weight excluding hydrogens is 313 g/mol. The van der Waals surface area contributed by atoms with Crippen molar-refractivity contribution in [3.05, 3.63) is 35.9 Å². The number of carbonyl (C=O) groups is 1. The molecule has 126 valence electrons. The van der Waals surface area contributed by atoms with Crippen LogP contribution < -0.4 is 4.90 Å². The molecule has 2 aliphatic heterocycles. The molecule has 24 heavy (non-hydrogen) atoms. The Kier molecular flexibility index (Phi) is 3.66. The number of fused-ring (bicyclic) bond motifs is 1. The van der Waals surface area contributed by atoms with Gasteiger partial charge in [-0.2, -0.15) is 0 Å². The Balaban J connectivity index is 1.55. The van der Waals surface area contributed by atoms with E-state index in [4.69, 9.17) is 4.52 Å². The molecule has 0 radical (unpaired) electrons. The SMILES string of the molecule is Cc1cc(C(=O)N2CCC3CCN(c4ncncc4F)CC32)no1. The van der Waals surface area contributed by atoms with E-state index in [0.717, 1.165) is 19.4 Å². The third-order valence-corrected chi connectivity index (χ3v) is 4.92. The number of likely N-dealkylation sites (tertiary alicyclic amines) is 1. The number of nitrogens with zero attached hydrogens (tertiary/aromatic N) is 5. The second-order valence-corrected chi connectivity index (χ2v) is 6.37. The summed E-state index contributed by atoms with van der Waals surface area (Å²) in [6.45, 7) is 3.76.